The molecule has 1 fully saturated rings. The highest BCUT2D eigenvalue weighted by atomic mass is 15.3. The van der Waals surface area contributed by atoms with E-state index in [1.165, 1.54) is 5.69 Å². The summed E-state index contributed by atoms with van der Waals surface area (Å²) in [5.41, 5.74) is 8.06. The average molecular weight is 270 g/mol. The Balaban J connectivity index is 1.70. The van der Waals surface area contributed by atoms with Crippen molar-refractivity contribution in [1.82, 2.24) is 15.0 Å². The third-order valence-electron chi connectivity index (χ3n) is 3.55. The fourth-order valence-corrected chi connectivity index (χ4v) is 2.49. The Morgan fingerprint density at radius 3 is 2.40 bits per heavy atom. The number of nitrogens with two attached hydrogens (primary N) is 1. The van der Waals surface area contributed by atoms with Crippen molar-refractivity contribution in [3.05, 3.63) is 42.5 Å². The highest BCUT2D eigenvalue weighted by molar-refractivity contribution is 5.53. The first-order chi connectivity index (χ1) is 9.88. The van der Waals surface area contributed by atoms with Gasteiger partial charge in [0.15, 0.2) is 0 Å². The number of pyridine rings is 1. The van der Waals surface area contributed by atoms with Crippen molar-refractivity contribution in [1.29, 1.82) is 0 Å². The minimum Gasteiger partial charge on any atom is -0.368 e. The molecule has 0 unspecified atom stereocenters. The lowest BCUT2D eigenvalue weighted by Gasteiger charge is -2.36. The Labute approximate surface area is 118 Å². The summed E-state index contributed by atoms with van der Waals surface area (Å²) in [5.74, 6) is 0.806. The van der Waals surface area contributed by atoms with Crippen LogP contribution in [-0.4, -0.2) is 41.1 Å². The smallest absolute Gasteiger partial charge is 0.225 e. The van der Waals surface area contributed by atoms with Crippen molar-refractivity contribution in [2.75, 3.05) is 36.0 Å². The first-order valence-electron chi connectivity index (χ1n) is 6.78. The molecule has 3 heterocycles. The van der Waals surface area contributed by atoms with Gasteiger partial charge in [0.2, 0.25) is 5.95 Å². The summed E-state index contributed by atoms with van der Waals surface area (Å²) in [7, 11) is 0. The molecule has 0 radical (unpaired) electrons. The van der Waals surface area contributed by atoms with Gasteiger partial charge in [-0.2, -0.15) is 0 Å². The summed E-state index contributed by atoms with van der Waals surface area (Å²) in [6.07, 6.45) is 7.23. The molecule has 6 nitrogen and oxygen atoms in total. The number of nitrogens with zero attached hydrogens (tertiary/aromatic N) is 5. The highest BCUT2D eigenvalue weighted by Crippen LogP contribution is 2.21. The summed E-state index contributed by atoms with van der Waals surface area (Å²) in [6, 6.07) is 3.88. The zero-order valence-electron chi connectivity index (χ0n) is 11.3. The summed E-state index contributed by atoms with van der Waals surface area (Å²) < 4.78 is 0. The molecule has 2 N–H and O–H groups in total. The Hall–Kier alpha value is -2.21. The van der Waals surface area contributed by atoms with E-state index >= 15 is 0 Å². The number of piperazine rings is 1. The van der Waals surface area contributed by atoms with Gasteiger partial charge in [-0.25, -0.2) is 9.97 Å². The average Bonchev–Trinajstić information content (AvgIpc) is 2.56. The highest BCUT2D eigenvalue weighted by Gasteiger charge is 2.20. The molecule has 0 bridgehead atoms. The lowest BCUT2D eigenvalue weighted by molar-refractivity contribution is 0.637. The maximum atomic E-state index is 5.78. The predicted molar refractivity (Wildman–Crippen MR) is 78.6 cm³/mol. The van der Waals surface area contributed by atoms with Gasteiger partial charge in [0.25, 0.3) is 0 Å². The van der Waals surface area contributed by atoms with Crippen LogP contribution in [0.25, 0.3) is 0 Å². The van der Waals surface area contributed by atoms with E-state index in [1.54, 1.807) is 12.4 Å². The standard InChI is InChI=1S/C14H18N6/c15-10-12-11-16-5-2-13(12)19-6-8-20(9-7-19)14-17-3-1-4-18-14/h1-5,11H,6-10,15H2. The summed E-state index contributed by atoms with van der Waals surface area (Å²) in [5, 5.41) is 0. The van der Waals surface area contributed by atoms with E-state index in [1.807, 2.05) is 24.5 Å². The van der Waals surface area contributed by atoms with E-state index in [9.17, 15) is 0 Å². The van der Waals surface area contributed by atoms with Gasteiger partial charge in [0, 0.05) is 68.8 Å². The second-order valence-corrected chi connectivity index (χ2v) is 4.73. The number of hydrogen-bond acceptors (Lipinski definition) is 6. The zero-order chi connectivity index (χ0) is 13.8. The Morgan fingerprint density at radius 2 is 1.70 bits per heavy atom. The van der Waals surface area contributed by atoms with E-state index in [0.29, 0.717) is 6.54 Å². The molecular formula is C14H18N6. The molecule has 0 atom stereocenters. The molecule has 104 valence electrons. The largest absolute Gasteiger partial charge is 0.368 e. The van der Waals surface area contributed by atoms with Crippen LogP contribution in [0.3, 0.4) is 0 Å². The van der Waals surface area contributed by atoms with E-state index in [-0.39, 0.29) is 0 Å². The normalized spacial score (nSPS) is 15.4. The van der Waals surface area contributed by atoms with Crippen LogP contribution in [0.5, 0.6) is 0 Å². The van der Waals surface area contributed by atoms with Gasteiger partial charge in [-0.1, -0.05) is 0 Å². The molecule has 3 rings (SSSR count). The van der Waals surface area contributed by atoms with Gasteiger partial charge < -0.3 is 15.5 Å². The Morgan fingerprint density at radius 1 is 1.00 bits per heavy atom. The SMILES string of the molecule is NCc1cnccc1N1CCN(c2ncccn2)CC1. The lowest BCUT2D eigenvalue weighted by atomic mass is 10.2. The Bertz CT molecular complexity index is 551. The van der Waals surface area contributed by atoms with Gasteiger partial charge in [-0.3, -0.25) is 4.98 Å². The van der Waals surface area contributed by atoms with Crippen molar-refractivity contribution in [3.8, 4) is 0 Å². The number of hydrogen-bond donors (Lipinski definition) is 1. The third kappa shape index (κ3) is 2.55. The van der Waals surface area contributed by atoms with Crippen LogP contribution in [0.1, 0.15) is 5.56 Å². The molecule has 0 aromatic carbocycles. The van der Waals surface area contributed by atoms with Gasteiger partial charge in [-0.05, 0) is 12.1 Å². The maximum absolute atomic E-state index is 5.78. The number of aromatic nitrogens is 3. The molecule has 20 heavy (non-hydrogen) atoms. The van der Waals surface area contributed by atoms with Crippen LogP contribution in [-0.2, 0) is 6.54 Å². The third-order valence-corrected chi connectivity index (χ3v) is 3.55. The summed E-state index contributed by atoms with van der Waals surface area (Å²) >= 11 is 0. The lowest BCUT2D eigenvalue weighted by Crippen LogP contribution is -2.47. The summed E-state index contributed by atoms with van der Waals surface area (Å²) in [4.78, 5) is 17.3. The minimum absolute atomic E-state index is 0.519. The van der Waals surface area contributed by atoms with Crippen LogP contribution in [0.15, 0.2) is 36.9 Å². The first kappa shape index (κ1) is 12.8. The van der Waals surface area contributed by atoms with Crippen LogP contribution in [0.4, 0.5) is 11.6 Å². The van der Waals surface area contributed by atoms with E-state index in [4.69, 9.17) is 5.73 Å². The van der Waals surface area contributed by atoms with Crippen molar-refractivity contribution < 1.29 is 0 Å². The number of anilines is 2. The van der Waals surface area contributed by atoms with Crippen molar-refractivity contribution in [2.24, 2.45) is 5.73 Å². The first-order valence-corrected chi connectivity index (χ1v) is 6.78. The minimum atomic E-state index is 0.519. The van der Waals surface area contributed by atoms with Gasteiger partial charge in [0.05, 0.1) is 0 Å². The Kier molecular flexibility index (Phi) is 3.73. The molecule has 0 aliphatic carbocycles. The molecule has 1 aliphatic heterocycles. The van der Waals surface area contributed by atoms with Crippen molar-refractivity contribution in [3.63, 3.8) is 0 Å². The molecular weight excluding hydrogens is 252 g/mol. The van der Waals surface area contributed by atoms with Crippen LogP contribution >= 0.6 is 0 Å². The topological polar surface area (TPSA) is 71.2 Å². The molecule has 0 amide bonds. The van der Waals surface area contributed by atoms with Crippen LogP contribution < -0.4 is 15.5 Å². The molecule has 2 aromatic rings. The van der Waals surface area contributed by atoms with E-state index in [0.717, 1.165) is 37.7 Å². The van der Waals surface area contributed by atoms with E-state index < -0.39 is 0 Å². The van der Waals surface area contributed by atoms with Gasteiger partial charge in [0.1, 0.15) is 0 Å². The van der Waals surface area contributed by atoms with Crippen LogP contribution in [0, 0.1) is 0 Å². The maximum Gasteiger partial charge on any atom is 0.225 e. The molecule has 1 saturated heterocycles. The second kappa shape index (κ2) is 5.83. The quantitative estimate of drug-likeness (QED) is 0.883. The van der Waals surface area contributed by atoms with Crippen molar-refractivity contribution >= 4 is 11.6 Å². The number of rotatable bonds is 3. The zero-order valence-corrected chi connectivity index (χ0v) is 11.3. The fourth-order valence-electron chi connectivity index (χ4n) is 2.49. The van der Waals surface area contributed by atoms with Crippen molar-refractivity contribution in [2.45, 2.75) is 6.54 Å². The monoisotopic (exact) mass is 270 g/mol. The predicted octanol–water partition coefficient (Wildman–Crippen LogP) is 0.657. The molecule has 6 heteroatoms. The molecule has 0 saturated carbocycles. The van der Waals surface area contributed by atoms with Crippen LogP contribution in [0.2, 0.25) is 0 Å². The van der Waals surface area contributed by atoms with Gasteiger partial charge in [-0.15, -0.1) is 0 Å². The molecule has 1 aliphatic rings. The molecule has 2 aromatic heterocycles. The molecule has 0 spiro atoms. The van der Waals surface area contributed by atoms with E-state index in [2.05, 4.69) is 24.8 Å². The summed E-state index contributed by atoms with van der Waals surface area (Å²) in [6.45, 7) is 4.22. The second-order valence-electron chi connectivity index (χ2n) is 4.73. The van der Waals surface area contributed by atoms with Gasteiger partial charge >= 0.3 is 0 Å². The fraction of sp³-hybridized carbons (Fsp3) is 0.357.